The number of aromatic nitrogens is 2. The van der Waals surface area contributed by atoms with Crippen LogP contribution in [0.15, 0.2) is 42.5 Å². The molecule has 0 unspecified atom stereocenters. The Morgan fingerprint density at radius 1 is 1.09 bits per heavy atom. The Hall–Kier alpha value is -3.79. The standard InChI is InChI=1S/C22H24N6O4/c1-14(2)26-9-11-27(12-10-26)22-24-19-8-7-17(28(31)32)13-18(19)20(25-22)23-16-5-3-15(4-6-16)21(29)30/h3-8,13-14H,9-12H2,1-2H3,(H,29,30)(H,23,24,25). The maximum Gasteiger partial charge on any atom is 0.335 e. The monoisotopic (exact) mass is 436 g/mol. The second-order valence-electron chi connectivity index (χ2n) is 7.96. The van der Waals surface area contributed by atoms with E-state index in [0.717, 1.165) is 26.2 Å². The molecule has 0 spiro atoms. The topological polar surface area (TPSA) is 125 Å². The Bertz CT molecular complexity index is 1160. The lowest BCUT2D eigenvalue weighted by Gasteiger charge is -2.37. The summed E-state index contributed by atoms with van der Waals surface area (Å²) in [6.45, 7) is 7.71. The maximum absolute atomic E-state index is 11.3. The van der Waals surface area contributed by atoms with Crippen molar-refractivity contribution >= 4 is 40.0 Å². The van der Waals surface area contributed by atoms with Crippen LogP contribution in [-0.2, 0) is 0 Å². The molecule has 3 aromatic rings. The average Bonchev–Trinajstić information content (AvgIpc) is 2.79. The zero-order chi connectivity index (χ0) is 22.8. The van der Waals surface area contributed by atoms with Gasteiger partial charge in [0.15, 0.2) is 0 Å². The van der Waals surface area contributed by atoms with Gasteiger partial charge in [-0.25, -0.2) is 9.78 Å². The van der Waals surface area contributed by atoms with Crippen LogP contribution in [0.2, 0.25) is 0 Å². The molecule has 1 aliphatic rings. The number of piperazine rings is 1. The van der Waals surface area contributed by atoms with Gasteiger partial charge in [-0.2, -0.15) is 4.98 Å². The molecular formula is C22H24N6O4. The van der Waals surface area contributed by atoms with E-state index in [1.54, 1.807) is 18.2 Å². The van der Waals surface area contributed by atoms with Gasteiger partial charge in [0, 0.05) is 55.4 Å². The number of carboxylic acid groups (broad SMARTS) is 1. The SMILES string of the molecule is CC(C)N1CCN(c2nc(Nc3ccc(C(=O)O)cc3)c3cc([N+](=O)[O-])ccc3n2)CC1. The number of nitro groups is 1. The fourth-order valence-corrected chi connectivity index (χ4v) is 3.73. The number of hydrogen-bond donors (Lipinski definition) is 2. The lowest BCUT2D eigenvalue weighted by atomic mass is 10.2. The maximum atomic E-state index is 11.3. The summed E-state index contributed by atoms with van der Waals surface area (Å²) in [7, 11) is 0. The number of rotatable bonds is 6. The number of carbonyl (C=O) groups is 1. The van der Waals surface area contributed by atoms with Crippen LogP contribution in [0.1, 0.15) is 24.2 Å². The van der Waals surface area contributed by atoms with Gasteiger partial charge in [0.25, 0.3) is 5.69 Å². The summed E-state index contributed by atoms with van der Waals surface area (Å²) >= 11 is 0. The molecule has 0 atom stereocenters. The Kier molecular flexibility index (Phi) is 5.87. The number of nitro benzene ring substituents is 1. The van der Waals surface area contributed by atoms with Crippen LogP contribution in [0.4, 0.5) is 23.1 Å². The fourth-order valence-electron chi connectivity index (χ4n) is 3.73. The minimum absolute atomic E-state index is 0.0522. The molecule has 4 rings (SSSR count). The number of nitrogens with zero attached hydrogens (tertiary/aromatic N) is 5. The van der Waals surface area contributed by atoms with Crippen LogP contribution in [0.5, 0.6) is 0 Å². The highest BCUT2D eigenvalue weighted by Gasteiger charge is 2.22. The number of aromatic carboxylic acids is 1. The fraction of sp³-hybridized carbons (Fsp3) is 0.318. The first-order valence-corrected chi connectivity index (χ1v) is 10.4. The predicted octanol–water partition coefficient (Wildman–Crippen LogP) is 3.51. The normalized spacial score (nSPS) is 14.7. The Balaban J connectivity index is 1.71. The molecule has 0 aliphatic carbocycles. The van der Waals surface area contributed by atoms with Crippen molar-refractivity contribution < 1.29 is 14.8 Å². The minimum Gasteiger partial charge on any atom is -0.478 e. The van der Waals surface area contributed by atoms with Crippen molar-refractivity contribution in [2.24, 2.45) is 0 Å². The molecule has 0 amide bonds. The molecule has 0 saturated carbocycles. The summed E-state index contributed by atoms with van der Waals surface area (Å²) in [6.07, 6.45) is 0. The molecule has 1 saturated heterocycles. The second-order valence-corrected chi connectivity index (χ2v) is 7.96. The predicted molar refractivity (Wildman–Crippen MR) is 122 cm³/mol. The minimum atomic E-state index is -1.01. The first-order valence-electron chi connectivity index (χ1n) is 10.4. The highest BCUT2D eigenvalue weighted by Crippen LogP contribution is 2.30. The summed E-state index contributed by atoms with van der Waals surface area (Å²) in [5, 5.41) is 24.1. The number of anilines is 3. The number of nitrogens with one attached hydrogen (secondary N) is 1. The van der Waals surface area contributed by atoms with Gasteiger partial charge in [-0.3, -0.25) is 15.0 Å². The number of carboxylic acids is 1. The van der Waals surface area contributed by atoms with Crippen LogP contribution in [-0.4, -0.2) is 63.1 Å². The Morgan fingerprint density at radius 3 is 2.38 bits per heavy atom. The highest BCUT2D eigenvalue weighted by molar-refractivity contribution is 5.94. The number of fused-ring (bicyclic) bond motifs is 1. The summed E-state index contributed by atoms with van der Waals surface area (Å²) < 4.78 is 0. The third-order valence-corrected chi connectivity index (χ3v) is 5.60. The van der Waals surface area contributed by atoms with Gasteiger partial charge >= 0.3 is 5.97 Å². The molecule has 32 heavy (non-hydrogen) atoms. The zero-order valence-electron chi connectivity index (χ0n) is 17.9. The first-order chi connectivity index (χ1) is 15.3. The van der Waals surface area contributed by atoms with E-state index in [2.05, 4.69) is 33.9 Å². The van der Waals surface area contributed by atoms with Gasteiger partial charge in [0.05, 0.1) is 16.0 Å². The van der Waals surface area contributed by atoms with Crippen LogP contribution >= 0.6 is 0 Å². The summed E-state index contributed by atoms with van der Waals surface area (Å²) in [6, 6.07) is 11.2. The Morgan fingerprint density at radius 2 is 1.78 bits per heavy atom. The van der Waals surface area contributed by atoms with Gasteiger partial charge in [0.1, 0.15) is 5.82 Å². The van der Waals surface area contributed by atoms with E-state index in [1.165, 1.54) is 24.3 Å². The molecule has 10 nitrogen and oxygen atoms in total. The summed E-state index contributed by atoms with van der Waals surface area (Å²) in [4.78, 5) is 35.8. The first kappa shape index (κ1) is 21.4. The average molecular weight is 436 g/mol. The van der Waals surface area contributed by atoms with E-state index in [1.807, 2.05) is 0 Å². The molecule has 2 heterocycles. The smallest absolute Gasteiger partial charge is 0.335 e. The molecule has 2 aromatic carbocycles. The molecule has 166 valence electrons. The number of hydrogen-bond acceptors (Lipinski definition) is 8. The van der Waals surface area contributed by atoms with Crippen LogP contribution < -0.4 is 10.2 Å². The van der Waals surface area contributed by atoms with E-state index >= 15 is 0 Å². The van der Waals surface area contributed by atoms with E-state index < -0.39 is 10.9 Å². The van der Waals surface area contributed by atoms with Crippen LogP contribution in [0, 0.1) is 10.1 Å². The molecule has 1 aliphatic heterocycles. The second kappa shape index (κ2) is 8.75. The van der Waals surface area contributed by atoms with Gasteiger partial charge in [-0.15, -0.1) is 0 Å². The van der Waals surface area contributed by atoms with Crippen molar-refractivity contribution in [3.63, 3.8) is 0 Å². The Labute approximate surface area is 184 Å². The third kappa shape index (κ3) is 4.45. The van der Waals surface area contributed by atoms with E-state index in [9.17, 15) is 14.9 Å². The zero-order valence-corrected chi connectivity index (χ0v) is 17.9. The van der Waals surface area contributed by atoms with Crippen LogP contribution in [0.3, 0.4) is 0 Å². The quantitative estimate of drug-likeness (QED) is 0.441. The van der Waals surface area contributed by atoms with Crippen molar-refractivity contribution in [2.75, 3.05) is 36.4 Å². The molecule has 1 aromatic heterocycles. The van der Waals surface area contributed by atoms with E-state index in [-0.39, 0.29) is 11.3 Å². The van der Waals surface area contributed by atoms with Crippen molar-refractivity contribution in [1.29, 1.82) is 0 Å². The van der Waals surface area contributed by atoms with Gasteiger partial charge in [-0.05, 0) is 44.2 Å². The van der Waals surface area contributed by atoms with Crippen molar-refractivity contribution in [1.82, 2.24) is 14.9 Å². The van der Waals surface area contributed by atoms with Gasteiger partial charge in [-0.1, -0.05) is 0 Å². The summed E-state index contributed by atoms with van der Waals surface area (Å²) in [5.74, 6) is -0.0232. The molecule has 0 radical (unpaired) electrons. The van der Waals surface area contributed by atoms with E-state index in [4.69, 9.17) is 10.1 Å². The largest absolute Gasteiger partial charge is 0.478 e. The molecule has 1 fully saturated rings. The van der Waals surface area contributed by atoms with Crippen LogP contribution in [0.25, 0.3) is 10.9 Å². The number of non-ortho nitro benzene ring substituents is 1. The lowest BCUT2D eigenvalue weighted by molar-refractivity contribution is -0.384. The van der Waals surface area contributed by atoms with E-state index in [0.29, 0.717) is 34.4 Å². The van der Waals surface area contributed by atoms with Gasteiger partial charge < -0.3 is 15.3 Å². The molecule has 0 bridgehead atoms. The van der Waals surface area contributed by atoms with Gasteiger partial charge in [0.2, 0.25) is 5.95 Å². The van der Waals surface area contributed by atoms with Crippen molar-refractivity contribution in [2.45, 2.75) is 19.9 Å². The molecule has 2 N–H and O–H groups in total. The van der Waals surface area contributed by atoms with Crippen molar-refractivity contribution in [3.8, 4) is 0 Å². The lowest BCUT2D eigenvalue weighted by Crippen LogP contribution is -2.49. The summed E-state index contributed by atoms with van der Waals surface area (Å²) in [5.41, 5.74) is 1.33. The van der Waals surface area contributed by atoms with Crippen molar-refractivity contribution in [3.05, 3.63) is 58.1 Å². The molecule has 10 heteroatoms. The number of benzene rings is 2. The third-order valence-electron chi connectivity index (χ3n) is 5.60. The highest BCUT2D eigenvalue weighted by atomic mass is 16.6. The molecular weight excluding hydrogens is 412 g/mol.